The maximum absolute atomic E-state index is 12.9. The molecule has 2 aliphatic rings. The van der Waals surface area contributed by atoms with Crippen LogP contribution in [0.15, 0.2) is 77.3 Å². The Morgan fingerprint density at radius 3 is 2.51 bits per heavy atom. The molecule has 2 fully saturated rings. The van der Waals surface area contributed by atoms with E-state index in [1.54, 1.807) is 77.3 Å². The molecule has 0 radical (unpaired) electrons. The quantitative estimate of drug-likeness (QED) is 0.153. The van der Waals surface area contributed by atoms with Crippen molar-refractivity contribution in [1.29, 1.82) is 0 Å². The second kappa shape index (κ2) is 15.8. The van der Waals surface area contributed by atoms with Gasteiger partial charge in [0, 0.05) is 27.1 Å². The fourth-order valence-electron chi connectivity index (χ4n) is 6.11. The predicted molar refractivity (Wildman–Crippen MR) is 174 cm³/mol. The Balaban J connectivity index is 1.48. The van der Waals surface area contributed by atoms with Crippen LogP contribution in [0.3, 0.4) is 0 Å². The number of rotatable bonds is 16. The Bertz CT molecular complexity index is 1400. The third kappa shape index (κ3) is 7.67. The summed E-state index contributed by atoms with van der Waals surface area (Å²) in [6.45, 7) is 8.54. The molecule has 1 aromatic heterocycles. The monoisotopic (exact) mass is 655 g/mol. The van der Waals surface area contributed by atoms with E-state index in [2.05, 4.69) is 10.3 Å². The van der Waals surface area contributed by atoms with E-state index in [0.29, 0.717) is 12.0 Å². The number of likely N-dealkylation sites (tertiary alicyclic amines) is 1. The van der Waals surface area contributed by atoms with Crippen molar-refractivity contribution in [3.63, 3.8) is 0 Å². The fourth-order valence-corrected chi connectivity index (χ4v) is 6.11. The number of likely N-dealkylation sites (N-methyl/N-ethyl adjacent to an activating group) is 1. The number of hydrogen-bond acceptors (Lipinski definition) is 10. The number of nitrogens with zero attached hydrogens (tertiary/aromatic N) is 2. The van der Waals surface area contributed by atoms with E-state index >= 15 is 0 Å². The molecule has 12 nitrogen and oxygen atoms in total. The van der Waals surface area contributed by atoms with Crippen LogP contribution >= 0.6 is 0 Å². The highest BCUT2D eigenvalue weighted by Crippen LogP contribution is 2.51. The highest BCUT2D eigenvalue weighted by molar-refractivity contribution is 5.99. The Kier molecular flexibility index (Phi) is 12.7. The van der Waals surface area contributed by atoms with Gasteiger partial charge in [-0.3, -0.25) is 9.59 Å². The smallest absolute Gasteiger partial charge is 0.338 e. The minimum Gasteiger partial charge on any atom is -0.460 e. The molecule has 2 saturated heterocycles. The van der Waals surface area contributed by atoms with Crippen LogP contribution in [0.4, 0.5) is 0 Å². The van der Waals surface area contributed by atoms with Gasteiger partial charge in [0.15, 0.2) is 6.39 Å². The molecular weight excluding hydrogens is 606 g/mol. The number of ether oxygens (including phenoxy) is 2. The molecule has 3 rings (SSSR count). The number of cyclic esters (lactones) is 1. The number of carbonyl (C=O) groups excluding carboxylic acids is 3. The van der Waals surface area contributed by atoms with Crippen molar-refractivity contribution in [2.24, 2.45) is 17.3 Å². The Morgan fingerprint density at radius 2 is 1.91 bits per heavy atom. The van der Waals surface area contributed by atoms with Crippen LogP contribution in [0.25, 0.3) is 0 Å². The van der Waals surface area contributed by atoms with Gasteiger partial charge in [0.05, 0.1) is 35.8 Å². The third-order valence-electron chi connectivity index (χ3n) is 9.45. The summed E-state index contributed by atoms with van der Waals surface area (Å²) >= 11 is 0. The van der Waals surface area contributed by atoms with Crippen LogP contribution in [-0.2, 0) is 30.3 Å². The van der Waals surface area contributed by atoms with Gasteiger partial charge in [-0.25, -0.2) is 9.78 Å². The lowest BCUT2D eigenvalue weighted by atomic mass is 9.68. The number of allylic oxidation sites excluding steroid dienone is 7. The molecule has 0 bridgehead atoms. The van der Waals surface area contributed by atoms with E-state index in [1.807, 2.05) is 18.2 Å². The minimum absolute atomic E-state index is 0.124. The number of aromatic nitrogens is 1. The summed E-state index contributed by atoms with van der Waals surface area (Å²) in [5.41, 5.74) is -3.80. The van der Waals surface area contributed by atoms with Gasteiger partial charge in [0.1, 0.15) is 18.0 Å². The summed E-state index contributed by atoms with van der Waals surface area (Å²) < 4.78 is 15.8. The maximum Gasteiger partial charge on any atom is 0.338 e. The molecule has 4 N–H and O–H groups in total. The number of hydrogen-bond donors (Lipinski definition) is 4. The Hall–Kier alpha value is -3.84. The number of esters is 1. The molecule has 1 spiro atoms. The van der Waals surface area contributed by atoms with Crippen LogP contribution in [0.1, 0.15) is 46.8 Å². The molecule has 7 atom stereocenters. The largest absolute Gasteiger partial charge is 0.460 e. The fraction of sp³-hybridized carbons (Fsp3) is 0.543. The minimum atomic E-state index is -1.83. The van der Waals surface area contributed by atoms with E-state index in [4.69, 9.17) is 13.9 Å². The zero-order chi connectivity index (χ0) is 35.0. The molecule has 0 aliphatic carbocycles. The number of methoxy groups -OCH3 is 1. The van der Waals surface area contributed by atoms with Crippen molar-refractivity contribution in [2.75, 3.05) is 27.3 Å². The standard InChI is InChI=1S/C35H49N3O9/c1-23(15-11-8-9-12-16-26-20-36-22-47-26)29(40)33(4,5)31(42)37-18-14-10-13-17-27(39)24(2)19-28(45-7)35(44)25(3)30(41)38(6)34(35)21-46-32(34)43/h8-15,17,20,22,24-25,27-29,39-40,44H,16,18-19,21H2,1-7H3,(H,37,42)/t24-,25+,27-,28+,29-,34-,35-/m0/s1. The van der Waals surface area contributed by atoms with E-state index in [0.717, 1.165) is 5.76 Å². The number of amides is 2. The van der Waals surface area contributed by atoms with E-state index in [-0.39, 0.29) is 31.4 Å². The highest BCUT2D eigenvalue weighted by atomic mass is 16.6. The van der Waals surface area contributed by atoms with Crippen LogP contribution in [0, 0.1) is 17.3 Å². The van der Waals surface area contributed by atoms with Crippen molar-refractivity contribution in [2.45, 2.75) is 76.9 Å². The molecule has 0 saturated carbocycles. The number of aliphatic hydroxyl groups is 3. The van der Waals surface area contributed by atoms with Crippen LogP contribution in [0.5, 0.6) is 0 Å². The molecule has 3 heterocycles. The molecule has 0 aromatic carbocycles. The van der Waals surface area contributed by atoms with E-state index < -0.39 is 52.7 Å². The lowest BCUT2D eigenvalue weighted by molar-refractivity contribution is -0.235. The summed E-state index contributed by atoms with van der Waals surface area (Å²) in [5, 5.41) is 36.2. The first-order chi connectivity index (χ1) is 22.2. The van der Waals surface area contributed by atoms with Gasteiger partial charge in [-0.15, -0.1) is 0 Å². The second-order valence-corrected chi connectivity index (χ2v) is 12.9. The molecule has 12 heteroatoms. The second-order valence-electron chi connectivity index (χ2n) is 12.9. The zero-order valence-electron chi connectivity index (χ0n) is 28.3. The summed E-state index contributed by atoms with van der Waals surface area (Å²) in [6.07, 6.45) is 16.7. The summed E-state index contributed by atoms with van der Waals surface area (Å²) in [7, 11) is 2.88. The lowest BCUT2D eigenvalue weighted by Gasteiger charge is -2.51. The number of carbonyl (C=O) groups is 3. The summed E-state index contributed by atoms with van der Waals surface area (Å²) in [6, 6.07) is 0. The summed E-state index contributed by atoms with van der Waals surface area (Å²) in [5.74, 6) is -1.92. The van der Waals surface area contributed by atoms with Crippen molar-refractivity contribution in [1.82, 2.24) is 15.2 Å². The van der Waals surface area contributed by atoms with Gasteiger partial charge in [-0.1, -0.05) is 68.5 Å². The van der Waals surface area contributed by atoms with Crippen LogP contribution in [-0.4, -0.2) is 99.7 Å². The maximum atomic E-state index is 12.9. The third-order valence-corrected chi connectivity index (χ3v) is 9.45. The average molecular weight is 656 g/mol. The molecule has 47 heavy (non-hydrogen) atoms. The van der Waals surface area contributed by atoms with Crippen molar-refractivity contribution in [3.05, 3.63) is 78.6 Å². The first-order valence-electron chi connectivity index (χ1n) is 15.7. The van der Waals surface area contributed by atoms with Crippen molar-refractivity contribution >= 4 is 17.8 Å². The number of nitrogens with one attached hydrogen (secondary N) is 1. The normalized spacial score (nSPS) is 26.5. The van der Waals surface area contributed by atoms with Crippen molar-refractivity contribution < 1.29 is 43.6 Å². The number of aliphatic hydroxyl groups excluding tert-OH is 2. The molecular formula is C35H49N3O9. The SMILES string of the molecule is CO[C@H](C[C@H](C)[C@@H](O)C=CC=CCNC(=O)C(C)(C)[C@@H](O)C(C)=CC=CC=CCc1cnco1)[C@@]1(O)[C@H](C)C(=O)N(C)[C@]12COC2=O. The van der Waals surface area contributed by atoms with Crippen molar-refractivity contribution in [3.8, 4) is 0 Å². The Labute approximate surface area is 276 Å². The van der Waals surface area contributed by atoms with Crippen LogP contribution < -0.4 is 5.32 Å². The molecule has 0 unspecified atom stereocenters. The zero-order valence-corrected chi connectivity index (χ0v) is 28.3. The molecule has 1 aromatic rings. The van der Waals surface area contributed by atoms with Gasteiger partial charge < -0.3 is 39.4 Å². The first-order valence-corrected chi connectivity index (χ1v) is 15.7. The van der Waals surface area contributed by atoms with Crippen LogP contribution in [0.2, 0.25) is 0 Å². The van der Waals surface area contributed by atoms with Gasteiger partial charge in [0.25, 0.3) is 0 Å². The topological polar surface area (TPSA) is 172 Å². The average Bonchev–Trinajstić information content (AvgIpc) is 3.62. The molecule has 2 aliphatic heterocycles. The lowest BCUT2D eigenvalue weighted by Crippen LogP contribution is -2.76. The van der Waals surface area contributed by atoms with Gasteiger partial charge in [-0.05, 0) is 38.7 Å². The highest BCUT2D eigenvalue weighted by Gasteiger charge is 2.77. The van der Waals surface area contributed by atoms with Gasteiger partial charge in [0.2, 0.25) is 17.4 Å². The first kappa shape index (κ1) is 37.6. The van der Waals surface area contributed by atoms with E-state index in [1.165, 1.54) is 25.5 Å². The number of oxazole rings is 1. The van der Waals surface area contributed by atoms with E-state index in [9.17, 15) is 29.7 Å². The van der Waals surface area contributed by atoms with Gasteiger partial charge in [-0.2, -0.15) is 0 Å². The Morgan fingerprint density at radius 1 is 1.21 bits per heavy atom. The molecule has 258 valence electrons. The summed E-state index contributed by atoms with van der Waals surface area (Å²) in [4.78, 5) is 43.3. The molecule has 2 amide bonds. The van der Waals surface area contributed by atoms with Gasteiger partial charge >= 0.3 is 5.97 Å². The predicted octanol–water partition coefficient (Wildman–Crippen LogP) is 2.43.